The second-order valence-electron chi connectivity index (χ2n) is 9.86. The van der Waals surface area contributed by atoms with Gasteiger partial charge in [0.1, 0.15) is 48.6 Å². The van der Waals surface area contributed by atoms with Gasteiger partial charge in [-0.15, -0.1) is 0 Å². The van der Waals surface area contributed by atoms with E-state index in [0.717, 1.165) is 51.7 Å². The molecule has 0 amide bonds. The summed E-state index contributed by atoms with van der Waals surface area (Å²) in [6.45, 7) is 9.68. The first-order chi connectivity index (χ1) is 21.4. The number of aldehydes is 1. The third-order valence-electron chi connectivity index (χ3n) is 5.79. The zero-order valence-electron chi connectivity index (χ0n) is 26.7. The number of ether oxygens (including phenoxy) is 4. The van der Waals surface area contributed by atoms with Crippen molar-refractivity contribution in [3.8, 4) is 23.0 Å². The average Bonchev–Trinajstić information content (AvgIpc) is 3.01. The van der Waals surface area contributed by atoms with Crippen LogP contribution in [-0.2, 0) is 9.53 Å². The van der Waals surface area contributed by atoms with E-state index in [0.29, 0.717) is 24.5 Å². The second-order valence-corrected chi connectivity index (χ2v) is 9.86. The van der Waals surface area contributed by atoms with Gasteiger partial charge in [0.05, 0.1) is 7.11 Å². The molecule has 242 valence electrons. The molecular formula is C35H46N4O6. The van der Waals surface area contributed by atoms with Crippen molar-refractivity contribution in [3.63, 3.8) is 0 Å². The molecule has 0 fully saturated rings. The van der Waals surface area contributed by atoms with Gasteiger partial charge in [-0.25, -0.2) is 0 Å². The predicted octanol–water partition coefficient (Wildman–Crippen LogP) is 5.95. The van der Waals surface area contributed by atoms with Gasteiger partial charge in [-0.3, -0.25) is 4.79 Å². The van der Waals surface area contributed by atoms with Crippen LogP contribution in [0.15, 0.2) is 97.1 Å². The van der Waals surface area contributed by atoms with Crippen LogP contribution in [0.1, 0.15) is 18.1 Å². The summed E-state index contributed by atoms with van der Waals surface area (Å²) in [5, 5.41) is 8.70. The molecule has 45 heavy (non-hydrogen) atoms. The number of methoxy groups -OCH3 is 2. The summed E-state index contributed by atoms with van der Waals surface area (Å²) in [6.07, 6.45) is 0.545. The summed E-state index contributed by atoms with van der Waals surface area (Å²) >= 11 is 0. The smallest absolute Gasteiger partial charge is 0.145 e. The number of aromatic hydroxyl groups is 1. The number of aryl methyl sites for hydroxylation is 2. The minimum atomic E-state index is -0.177. The minimum absolute atomic E-state index is 0.177. The van der Waals surface area contributed by atoms with Crippen molar-refractivity contribution in [3.05, 3.63) is 108 Å². The fourth-order valence-corrected chi connectivity index (χ4v) is 3.30. The molecule has 0 aliphatic carbocycles. The molecular weight excluding hydrogens is 572 g/mol. The molecule has 0 aliphatic heterocycles. The maximum absolute atomic E-state index is 9.41. The molecule has 0 spiro atoms. The zero-order valence-corrected chi connectivity index (χ0v) is 26.7. The van der Waals surface area contributed by atoms with Gasteiger partial charge in [0.15, 0.2) is 0 Å². The highest BCUT2D eigenvalue weighted by atomic mass is 16.6. The van der Waals surface area contributed by atoms with Crippen LogP contribution in [0.4, 0.5) is 22.7 Å². The first-order valence-electron chi connectivity index (χ1n) is 13.9. The number of carbonyl (C=O) groups excluding carboxylic acids is 1. The van der Waals surface area contributed by atoms with E-state index in [1.165, 1.54) is 0 Å². The number of rotatable bonds is 9. The first-order valence-corrected chi connectivity index (χ1v) is 13.9. The van der Waals surface area contributed by atoms with E-state index in [4.69, 9.17) is 47.0 Å². The summed E-state index contributed by atoms with van der Waals surface area (Å²) < 4.78 is 21.9. The number of anilines is 4. The first kappa shape index (κ1) is 37.7. The van der Waals surface area contributed by atoms with E-state index in [9.17, 15) is 4.79 Å². The molecule has 0 saturated heterocycles. The largest absolute Gasteiger partial charge is 0.508 e. The molecule has 10 nitrogen and oxygen atoms in total. The third-order valence-corrected chi connectivity index (χ3v) is 5.79. The number of phenols is 1. The lowest BCUT2D eigenvalue weighted by Crippen LogP contribution is -2.27. The average molecular weight is 619 g/mol. The van der Waals surface area contributed by atoms with Gasteiger partial charge in [-0.2, -0.15) is 0 Å². The monoisotopic (exact) mass is 618 g/mol. The number of carbonyl (C=O) groups is 1. The molecule has 10 heteroatoms. The van der Waals surface area contributed by atoms with Crippen LogP contribution in [0.3, 0.4) is 0 Å². The molecule has 9 N–H and O–H groups in total. The van der Waals surface area contributed by atoms with Crippen molar-refractivity contribution in [2.45, 2.75) is 26.9 Å². The Morgan fingerprint density at radius 2 is 1.11 bits per heavy atom. The number of hydrogen-bond acceptors (Lipinski definition) is 10. The Labute approximate surface area is 266 Å². The van der Waals surface area contributed by atoms with E-state index < -0.39 is 0 Å². The maximum Gasteiger partial charge on any atom is 0.145 e. The Balaban J connectivity index is 0.000000373. The number of phenolic OH excluding ortho intramolecular Hbond substituents is 1. The van der Waals surface area contributed by atoms with Crippen molar-refractivity contribution in [1.29, 1.82) is 0 Å². The lowest BCUT2D eigenvalue weighted by atomic mass is 10.2. The highest BCUT2D eigenvalue weighted by Crippen LogP contribution is 2.22. The summed E-state index contributed by atoms with van der Waals surface area (Å²) in [4.78, 5) is 9.41. The van der Waals surface area contributed by atoms with Crippen LogP contribution in [0.5, 0.6) is 23.0 Å². The van der Waals surface area contributed by atoms with Crippen LogP contribution in [0.25, 0.3) is 0 Å². The van der Waals surface area contributed by atoms with Gasteiger partial charge in [-0.05, 0) is 122 Å². The lowest BCUT2D eigenvalue weighted by Gasteiger charge is -2.19. The SMILES string of the molecule is C=C(C)C=O.COC(COc1ccc(N)cc1C)COc1ccc(N)cc1C.COc1ccc(N)cc1.Nc1ccc(O)cc1. The molecule has 0 heterocycles. The standard InChI is InChI=1S/C18H24N2O3.C7H9NO.C6H7NO.C4H6O/c1-12-8-14(19)4-6-17(12)22-10-16(21-3)11-23-18-7-5-15(20)9-13(18)2;1-9-7-4-2-6(8)3-5-7;7-5-1-3-6(8)4-2-5;1-4(2)3-5/h4-9,16H,10-11,19-20H2,1-3H3;2-5H,8H2,1H3;1-4,8H,7H2;3H,1H2,2H3. The van der Waals surface area contributed by atoms with Crippen LogP contribution < -0.4 is 37.1 Å². The summed E-state index contributed by atoms with van der Waals surface area (Å²) in [6, 6.07) is 24.8. The number of hydrogen-bond donors (Lipinski definition) is 5. The molecule has 4 rings (SSSR count). The molecule has 0 saturated carbocycles. The van der Waals surface area contributed by atoms with E-state index in [-0.39, 0.29) is 11.9 Å². The highest BCUT2D eigenvalue weighted by Gasteiger charge is 2.12. The highest BCUT2D eigenvalue weighted by molar-refractivity contribution is 5.70. The van der Waals surface area contributed by atoms with E-state index >= 15 is 0 Å². The second kappa shape index (κ2) is 20.5. The van der Waals surface area contributed by atoms with Crippen LogP contribution in [0.2, 0.25) is 0 Å². The number of benzene rings is 4. The Kier molecular flexibility index (Phi) is 17.2. The van der Waals surface area contributed by atoms with Crippen molar-refractivity contribution < 1.29 is 28.8 Å². The van der Waals surface area contributed by atoms with E-state index in [1.54, 1.807) is 57.5 Å². The molecule has 4 aromatic rings. The van der Waals surface area contributed by atoms with Gasteiger partial charge in [0, 0.05) is 29.9 Å². The molecule has 0 radical (unpaired) electrons. The van der Waals surface area contributed by atoms with Gasteiger partial charge < -0.3 is 47.0 Å². The number of nitrogens with two attached hydrogens (primary N) is 4. The Morgan fingerprint density at radius 3 is 1.42 bits per heavy atom. The Hall–Kier alpha value is -5.35. The Morgan fingerprint density at radius 1 is 0.733 bits per heavy atom. The Bertz CT molecular complexity index is 1370. The number of nitrogen functional groups attached to an aromatic ring is 4. The van der Waals surface area contributed by atoms with Crippen LogP contribution in [0, 0.1) is 13.8 Å². The molecule has 0 aromatic heterocycles. The molecule has 0 aliphatic rings. The van der Waals surface area contributed by atoms with E-state index in [2.05, 4.69) is 6.58 Å². The van der Waals surface area contributed by atoms with Crippen LogP contribution in [-0.4, -0.2) is 44.9 Å². The van der Waals surface area contributed by atoms with Crippen molar-refractivity contribution in [2.75, 3.05) is 50.4 Å². The maximum atomic E-state index is 9.41. The molecule has 0 atom stereocenters. The molecule has 4 aromatic carbocycles. The zero-order chi connectivity index (χ0) is 33.8. The lowest BCUT2D eigenvalue weighted by molar-refractivity contribution is -0.104. The topological polar surface area (TPSA) is 178 Å². The van der Waals surface area contributed by atoms with E-state index in [1.807, 2.05) is 62.4 Å². The fourth-order valence-electron chi connectivity index (χ4n) is 3.30. The summed E-state index contributed by atoms with van der Waals surface area (Å²) in [7, 11) is 3.27. The van der Waals surface area contributed by atoms with Crippen LogP contribution >= 0.6 is 0 Å². The van der Waals surface area contributed by atoms with Crippen molar-refractivity contribution in [2.24, 2.45) is 0 Å². The fraction of sp³-hybridized carbons (Fsp3) is 0.229. The molecule has 0 unspecified atom stereocenters. The predicted molar refractivity (Wildman–Crippen MR) is 184 cm³/mol. The normalized spacial score (nSPS) is 9.64. The molecule has 0 bridgehead atoms. The summed E-state index contributed by atoms with van der Waals surface area (Å²) in [5.41, 5.74) is 27.7. The quantitative estimate of drug-likeness (QED) is 0.0651. The third kappa shape index (κ3) is 16.2. The van der Waals surface area contributed by atoms with Crippen molar-refractivity contribution >= 4 is 29.0 Å². The van der Waals surface area contributed by atoms with Gasteiger partial charge in [0.25, 0.3) is 0 Å². The number of allylic oxidation sites excluding steroid dienone is 1. The van der Waals surface area contributed by atoms with Gasteiger partial charge >= 0.3 is 0 Å². The van der Waals surface area contributed by atoms with Gasteiger partial charge in [0.2, 0.25) is 0 Å². The van der Waals surface area contributed by atoms with Gasteiger partial charge in [-0.1, -0.05) is 6.58 Å². The van der Waals surface area contributed by atoms with Crippen molar-refractivity contribution in [1.82, 2.24) is 0 Å². The minimum Gasteiger partial charge on any atom is -0.508 e. The summed E-state index contributed by atoms with van der Waals surface area (Å²) in [5.74, 6) is 2.68.